The molecule has 0 unspecified atom stereocenters. The molecule has 0 atom stereocenters. The Morgan fingerprint density at radius 3 is 2.48 bits per heavy atom. The number of pyridine rings is 1. The van der Waals surface area contributed by atoms with Gasteiger partial charge >= 0.3 is 0 Å². The second kappa shape index (κ2) is 5.81. The van der Waals surface area contributed by atoms with E-state index in [4.69, 9.17) is 0 Å². The van der Waals surface area contributed by atoms with Gasteiger partial charge in [0.1, 0.15) is 0 Å². The predicted octanol–water partition coefficient (Wildman–Crippen LogP) is 2.12. The van der Waals surface area contributed by atoms with Crippen LogP contribution in [0.5, 0.6) is 0 Å². The normalized spacial score (nSPS) is 15.3. The number of piperazine rings is 1. The number of rotatable bonds is 2. The number of hydrogen-bond acceptors (Lipinski definition) is 5. The molecule has 2 aromatic heterocycles. The molecule has 5 nitrogen and oxygen atoms in total. The summed E-state index contributed by atoms with van der Waals surface area (Å²) in [5.41, 5.74) is 2.65. The number of anilines is 1. The summed E-state index contributed by atoms with van der Waals surface area (Å²) in [5.74, 6) is 0.0671. The van der Waals surface area contributed by atoms with Gasteiger partial charge in [0.2, 0.25) is 0 Å². The van der Waals surface area contributed by atoms with Gasteiger partial charge in [0.15, 0.2) is 5.13 Å². The van der Waals surface area contributed by atoms with E-state index in [-0.39, 0.29) is 5.91 Å². The fourth-order valence-electron chi connectivity index (χ4n) is 2.36. The van der Waals surface area contributed by atoms with Crippen molar-refractivity contribution in [1.82, 2.24) is 14.9 Å². The second-order valence-corrected chi connectivity index (χ2v) is 6.08. The SMILES string of the molecule is Cc1ccc(C(=O)N2CCN(c3nc(C)cs3)CC2)cn1. The van der Waals surface area contributed by atoms with Gasteiger partial charge in [-0.15, -0.1) is 11.3 Å². The lowest BCUT2D eigenvalue weighted by atomic mass is 10.2. The van der Waals surface area contributed by atoms with Crippen molar-refractivity contribution in [3.63, 3.8) is 0 Å². The largest absolute Gasteiger partial charge is 0.345 e. The first-order valence-electron chi connectivity index (χ1n) is 7.02. The van der Waals surface area contributed by atoms with Gasteiger partial charge in [0, 0.05) is 43.4 Å². The number of thiazole rings is 1. The Hall–Kier alpha value is -1.95. The molecular formula is C15H18N4OS. The van der Waals surface area contributed by atoms with Gasteiger partial charge < -0.3 is 9.80 Å². The molecule has 0 N–H and O–H groups in total. The van der Waals surface area contributed by atoms with Gasteiger partial charge in [-0.1, -0.05) is 0 Å². The Bertz CT molecular complexity index is 629. The number of carbonyl (C=O) groups excluding carboxylic acids is 1. The van der Waals surface area contributed by atoms with E-state index in [1.807, 2.05) is 30.9 Å². The van der Waals surface area contributed by atoms with Crippen molar-refractivity contribution in [2.45, 2.75) is 13.8 Å². The highest BCUT2D eigenvalue weighted by molar-refractivity contribution is 7.13. The van der Waals surface area contributed by atoms with Gasteiger partial charge in [-0.25, -0.2) is 4.98 Å². The molecule has 6 heteroatoms. The smallest absolute Gasteiger partial charge is 0.255 e. The third kappa shape index (κ3) is 3.05. The number of aromatic nitrogens is 2. The van der Waals surface area contributed by atoms with E-state index in [1.165, 1.54) is 0 Å². The molecule has 1 saturated heterocycles. The molecule has 1 aliphatic heterocycles. The van der Waals surface area contributed by atoms with Crippen LogP contribution in [0.1, 0.15) is 21.7 Å². The van der Waals surface area contributed by atoms with E-state index in [9.17, 15) is 4.79 Å². The minimum atomic E-state index is 0.0671. The number of carbonyl (C=O) groups is 1. The van der Waals surface area contributed by atoms with Gasteiger partial charge in [0.25, 0.3) is 5.91 Å². The zero-order valence-electron chi connectivity index (χ0n) is 12.2. The van der Waals surface area contributed by atoms with E-state index < -0.39 is 0 Å². The van der Waals surface area contributed by atoms with Crippen LogP contribution in [0, 0.1) is 13.8 Å². The number of aryl methyl sites for hydroxylation is 2. The first-order chi connectivity index (χ1) is 10.1. The highest BCUT2D eigenvalue weighted by atomic mass is 32.1. The number of nitrogens with zero attached hydrogens (tertiary/aromatic N) is 4. The highest BCUT2D eigenvalue weighted by Gasteiger charge is 2.23. The topological polar surface area (TPSA) is 49.3 Å². The third-order valence-corrected chi connectivity index (χ3v) is 4.62. The van der Waals surface area contributed by atoms with Gasteiger partial charge in [0.05, 0.1) is 11.3 Å². The molecule has 1 aliphatic rings. The van der Waals surface area contributed by atoms with Crippen LogP contribution in [0.25, 0.3) is 0 Å². The van der Waals surface area contributed by atoms with Gasteiger partial charge in [-0.05, 0) is 26.0 Å². The monoisotopic (exact) mass is 302 g/mol. The molecule has 0 radical (unpaired) electrons. The summed E-state index contributed by atoms with van der Waals surface area (Å²) < 4.78 is 0. The minimum Gasteiger partial charge on any atom is -0.345 e. The molecule has 0 aromatic carbocycles. The van der Waals surface area contributed by atoms with E-state index in [0.717, 1.165) is 42.7 Å². The second-order valence-electron chi connectivity index (χ2n) is 5.24. The van der Waals surface area contributed by atoms with Crippen LogP contribution >= 0.6 is 11.3 Å². The predicted molar refractivity (Wildman–Crippen MR) is 83.9 cm³/mol. The molecule has 0 aliphatic carbocycles. The van der Waals surface area contributed by atoms with E-state index in [1.54, 1.807) is 17.5 Å². The fraction of sp³-hybridized carbons (Fsp3) is 0.400. The van der Waals surface area contributed by atoms with Crippen LogP contribution in [0.2, 0.25) is 0 Å². The molecule has 0 spiro atoms. The third-order valence-electron chi connectivity index (χ3n) is 3.60. The summed E-state index contributed by atoms with van der Waals surface area (Å²) in [4.78, 5) is 25.2. The van der Waals surface area contributed by atoms with Crippen molar-refractivity contribution in [3.8, 4) is 0 Å². The van der Waals surface area contributed by atoms with Crippen LogP contribution in [0.4, 0.5) is 5.13 Å². The summed E-state index contributed by atoms with van der Waals surface area (Å²) in [5, 5.41) is 3.11. The number of hydrogen-bond donors (Lipinski definition) is 0. The average molecular weight is 302 g/mol. The molecule has 21 heavy (non-hydrogen) atoms. The summed E-state index contributed by atoms with van der Waals surface area (Å²) in [6.07, 6.45) is 1.66. The Morgan fingerprint density at radius 2 is 1.90 bits per heavy atom. The lowest BCUT2D eigenvalue weighted by Crippen LogP contribution is -2.48. The fourth-order valence-corrected chi connectivity index (χ4v) is 3.22. The minimum absolute atomic E-state index is 0.0671. The van der Waals surface area contributed by atoms with Gasteiger partial charge in [-0.2, -0.15) is 0 Å². The Kier molecular flexibility index (Phi) is 3.88. The maximum atomic E-state index is 12.4. The summed E-state index contributed by atoms with van der Waals surface area (Å²) in [6, 6.07) is 3.73. The van der Waals surface area contributed by atoms with Crippen molar-refractivity contribution < 1.29 is 4.79 Å². The van der Waals surface area contributed by atoms with E-state index in [0.29, 0.717) is 5.56 Å². The molecule has 0 saturated carbocycles. The molecule has 3 heterocycles. The molecule has 1 amide bonds. The van der Waals surface area contributed by atoms with Crippen molar-refractivity contribution in [2.24, 2.45) is 0 Å². The Labute approximate surface area is 128 Å². The van der Waals surface area contributed by atoms with E-state index >= 15 is 0 Å². The summed E-state index contributed by atoms with van der Waals surface area (Å²) in [6.45, 7) is 7.04. The van der Waals surface area contributed by atoms with Crippen LogP contribution in [0.3, 0.4) is 0 Å². The lowest BCUT2D eigenvalue weighted by molar-refractivity contribution is 0.0746. The molecule has 0 bridgehead atoms. The maximum absolute atomic E-state index is 12.4. The van der Waals surface area contributed by atoms with E-state index in [2.05, 4.69) is 20.2 Å². The first kappa shape index (κ1) is 14.0. The zero-order chi connectivity index (χ0) is 14.8. The Morgan fingerprint density at radius 1 is 1.14 bits per heavy atom. The molecule has 3 rings (SSSR count). The van der Waals surface area contributed by atoms with Gasteiger partial charge in [-0.3, -0.25) is 9.78 Å². The quantitative estimate of drug-likeness (QED) is 0.852. The number of amides is 1. The standard InChI is InChI=1S/C15H18N4OS/c1-11-3-4-13(9-16-11)14(20)18-5-7-19(8-6-18)15-17-12(2)10-21-15/h3-4,9-10H,5-8H2,1-2H3. The average Bonchev–Trinajstić information content (AvgIpc) is 2.94. The molecular weight excluding hydrogens is 284 g/mol. The molecule has 1 fully saturated rings. The van der Waals surface area contributed by atoms with Crippen molar-refractivity contribution in [2.75, 3.05) is 31.1 Å². The Balaban J connectivity index is 1.63. The lowest BCUT2D eigenvalue weighted by Gasteiger charge is -2.34. The van der Waals surface area contributed by atoms with Crippen LogP contribution < -0.4 is 4.90 Å². The van der Waals surface area contributed by atoms with Crippen molar-refractivity contribution in [1.29, 1.82) is 0 Å². The molecule has 2 aromatic rings. The highest BCUT2D eigenvalue weighted by Crippen LogP contribution is 2.21. The van der Waals surface area contributed by atoms with Crippen molar-refractivity contribution in [3.05, 3.63) is 40.7 Å². The maximum Gasteiger partial charge on any atom is 0.255 e. The zero-order valence-corrected chi connectivity index (χ0v) is 13.1. The van der Waals surface area contributed by atoms with Crippen molar-refractivity contribution >= 4 is 22.4 Å². The van der Waals surface area contributed by atoms with Crippen LogP contribution in [-0.4, -0.2) is 47.0 Å². The van der Waals surface area contributed by atoms with Crippen LogP contribution in [0.15, 0.2) is 23.7 Å². The summed E-state index contributed by atoms with van der Waals surface area (Å²) >= 11 is 1.67. The molecule has 110 valence electrons. The summed E-state index contributed by atoms with van der Waals surface area (Å²) in [7, 11) is 0. The first-order valence-corrected chi connectivity index (χ1v) is 7.90. The van der Waals surface area contributed by atoms with Crippen LogP contribution in [-0.2, 0) is 0 Å².